The van der Waals surface area contributed by atoms with Crippen LogP contribution in [0.4, 0.5) is 21.9 Å². The van der Waals surface area contributed by atoms with E-state index < -0.39 is 11.9 Å². The van der Waals surface area contributed by atoms with Gasteiger partial charge in [0.1, 0.15) is 0 Å². The highest BCUT2D eigenvalue weighted by molar-refractivity contribution is 9.10. The van der Waals surface area contributed by atoms with E-state index in [4.69, 9.17) is 0 Å². The molecular weight excluding hydrogens is 462 g/mol. The third-order valence-electron chi connectivity index (χ3n) is 4.38. The van der Waals surface area contributed by atoms with Crippen LogP contribution in [0, 0.1) is 0 Å². The summed E-state index contributed by atoms with van der Waals surface area (Å²) in [6.07, 6.45) is 0. The molecule has 0 aliphatic rings. The molecule has 4 rings (SSSR count). The van der Waals surface area contributed by atoms with Crippen molar-refractivity contribution in [3.8, 4) is 5.88 Å². The van der Waals surface area contributed by atoms with Crippen LogP contribution in [-0.4, -0.2) is 22.0 Å². The molecule has 0 radical (unpaired) electrons. The first-order valence-electron chi connectivity index (χ1n) is 9.19. The summed E-state index contributed by atoms with van der Waals surface area (Å²) < 4.78 is 0.807. The molecule has 0 aliphatic carbocycles. The maximum absolute atomic E-state index is 12.4. The van der Waals surface area contributed by atoms with E-state index in [1.807, 2.05) is 24.3 Å². The highest BCUT2D eigenvalue weighted by atomic mass is 79.9. The summed E-state index contributed by atoms with van der Waals surface area (Å²) in [5.41, 5.74) is 2.32. The molecule has 0 fully saturated rings. The first kappa shape index (κ1) is 20.3. The van der Waals surface area contributed by atoms with Gasteiger partial charge < -0.3 is 20.7 Å². The average Bonchev–Trinajstić information content (AvgIpc) is 3.07. The SMILES string of the molecule is O=C(Nc1ccccc1)Nc1ccc(C(=O)N=Nc2c(O)[nH]c3ccc(Br)cc23)cc1. The number of aromatic amines is 1. The number of carbonyl (C=O) groups is 2. The number of carbonyl (C=O) groups excluding carboxylic acids is 2. The monoisotopic (exact) mass is 477 g/mol. The van der Waals surface area contributed by atoms with Crippen LogP contribution in [0.25, 0.3) is 10.9 Å². The predicted octanol–water partition coefficient (Wildman–Crippen LogP) is 6.20. The van der Waals surface area contributed by atoms with Crippen LogP contribution < -0.4 is 10.6 Å². The molecule has 3 amide bonds. The number of halogens is 1. The number of rotatable bonds is 4. The number of para-hydroxylation sites is 1. The van der Waals surface area contributed by atoms with Gasteiger partial charge >= 0.3 is 6.03 Å². The van der Waals surface area contributed by atoms with Gasteiger partial charge in [0.25, 0.3) is 5.91 Å². The number of aromatic hydroxyl groups is 1. The first-order valence-corrected chi connectivity index (χ1v) is 9.98. The molecule has 0 unspecified atom stereocenters. The molecule has 154 valence electrons. The summed E-state index contributed by atoms with van der Waals surface area (Å²) in [6.45, 7) is 0. The molecule has 4 N–H and O–H groups in total. The fourth-order valence-electron chi connectivity index (χ4n) is 2.90. The molecule has 1 heterocycles. The number of fused-ring (bicyclic) bond motifs is 1. The Morgan fingerprint density at radius 2 is 1.58 bits per heavy atom. The molecule has 3 aromatic carbocycles. The van der Waals surface area contributed by atoms with Crippen molar-refractivity contribution >= 4 is 55.8 Å². The lowest BCUT2D eigenvalue weighted by Crippen LogP contribution is -2.19. The number of hydrogen-bond acceptors (Lipinski definition) is 4. The van der Waals surface area contributed by atoms with E-state index >= 15 is 0 Å². The zero-order valence-corrected chi connectivity index (χ0v) is 17.6. The van der Waals surface area contributed by atoms with Crippen molar-refractivity contribution in [2.45, 2.75) is 0 Å². The molecule has 0 atom stereocenters. The number of benzene rings is 3. The van der Waals surface area contributed by atoms with E-state index in [-0.39, 0.29) is 11.6 Å². The zero-order valence-electron chi connectivity index (χ0n) is 16.0. The Labute approximate surface area is 185 Å². The molecule has 0 saturated carbocycles. The minimum absolute atomic E-state index is 0.173. The fraction of sp³-hybridized carbons (Fsp3) is 0. The Kier molecular flexibility index (Phi) is 5.76. The molecule has 31 heavy (non-hydrogen) atoms. The number of hydrogen-bond donors (Lipinski definition) is 4. The second-order valence-electron chi connectivity index (χ2n) is 6.54. The summed E-state index contributed by atoms with van der Waals surface area (Å²) in [4.78, 5) is 27.2. The number of nitrogens with zero attached hydrogens (tertiary/aromatic N) is 2. The normalized spacial score (nSPS) is 11.0. The van der Waals surface area contributed by atoms with Crippen molar-refractivity contribution in [3.05, 3.63) is 82.8 Å². The lowest BCUT2D eigenvalue weighted by atomic mass is 10.2. The van der Waals surface area contributed by atoms with E-state index in [0.717, 1.165) is 4.47 Å². The van der Waals surface area contributed by atoms with Crippen molar-refractivity contribution in [1.29, 1.82) is 0 Å². The van der Waals surface area contributed by atoms with Gasteiger partial charge in [0.2, 0.25) is 5.88 Å². The van der Waals surface area contributed by atoms with Gasteiger partial charge in [-0.25, -0.2) is 4.79 Å². The summed E-state index contributed by atoms with van der Waals surface area (Å²) in [7, 11) is 0. The summed E-state index contributed by atoms with van der Waals surface area (Å²) >= 11 is 3.37. The lowest BCUT2D eigenvalue weighted by Gasteiger charge is -2.07. The van der Waals surface area contributed by atoms with E-state index in [1.54, 1.807) is 36.4 Å². The second-order valence-corrected chi connectivity index (χ2v) is 7.46. The molecule has 0 bridgehead atoms. The molecule has 0 aliphatic heterocycles. The number of anilines is 2. The third-order valence-corrected chi connectivity index (χ3v) is 4.87. The largest absolute Gasteiger partial charge is 0.493 e. The van der Waals surface area contributed by atoms with Crippen LogP contribution in [0.5, 0.6) is 5.88 Å². The predicted molar refractivity (Wildman–Crippen MR) is 122 cm³/mol. The number of aromatic nitrogens is 1. The number of amides is 3. The summed E-state index contributed by atoms with van der Waals surface area (Å²) in [5.74, 6) is -0.752. The van der Waals surface area contributed by atoms with Gasteiger partial charge in [0.05, 0.1) is 5.52 Å². The minimum Gasteiger partial charge on any atom is -0.493 e. The minimum atomic E-state index is -0.580. The smallest absolute Gasteiger partial charge is 0.323 e. The summed E-state index contributed by atoms with van der Waals surface area (Å²) in [5, 5.41) is 23.7. The quantitative estimate of drug-likeness (QED) is 0.261. The fourth-order valence-corrected chi connectivity index (χ4v) is 3.26. The van der Waals surface area contributed by atoms with Gasteiger partial charge in [-0.2, -0.15) is 0 Å². The maximum Gasteiger partial charge on any atom is 0.323 e. The molecule has 9 heteroatoms. The van der Waals surface area contributed by atoms with Crippen LogP contribution in [0.1, 0.15) is 10.4 Å². The van der Waals surface area contributed by atoms with E-state index in [2.05, 4.69) is 41.8 Å². The van der Waals surface area contributed by atoms with Crippen molar-refractivity contribution in [2.75, 3.05) is 10.6 Å². The lowest BCUT2D eigenvalue weighted by molar-refractivity contribution is 0.0995. The van der Waals surface area contributed by atoms with E-state index in [1.165, 1.54) is 12.1 Å². The van der Waals surface area contributed by atoms with Gasteiger partial charge in [0.15, 0.2) is 5.69 Å². The van der Waals surface area contributed by atoms with Gasteiger partial charge in [-0.05, 0) is 54.6 Å². The van der Waals surface area contributed by atoms with Gasteiger partial charge in [-0.1, -0.05) is 34.1 Å². The molecular formula is C22H16BrN5O3. The molecule has 8 nitrogen and oxygen atoms in total. The van der Waals surface area contributed by atoms with E-state index in [0.29, 0.717) is 27.8 Å². The van der Waals surface area contributed by atoms with Crippen LogP contribution in [0.2, 0.25) is 0 Å². The van der Waals surface area contributed by atoms with Crippen molar-refractivity contribution < 1.29 is 14.7 Å². The van der Waals surface area contributed by atoms with E-state index in [9.17, 15) is 14.7 Å². The highest BCUT2D eigenvalue weighted by Crippen LogP contribution is 2.36. The van der Waals surface area contributed by atoms with Crippen LogP contribution in [0.3, 0.4) is 0 Å². The Morgan fingerprint density at radius 3 is 2.29 bits per heavy atom. The second kappa shape index (κ2) is 8.80. The summed E-state index contributed by atoms with van der Waals surface area (Å²) in [6, 6.07) is 20.3. The standard InChI is InChI=1S/C22H16BrN5O3/c23-14-8-11-18-17(12-14)19(21(30)26-18)27-28-20(29)13-6-9-16(10-7-13)25-22(31)24-15-4-2-1-3-5-15/h1-12,26,30H,(H2,24,25,31). The number of urea groups is 1. The Morgan fingerprint density at radius 1 is 0.903 bits per heavy atom. The molecule has 4 aromatic rings. The number of nitrogens with one attached hydrogen (secondary N) is 3. The Balaban J connectivity index is 1.43. The number of H-pyrrole nitrogens is 1. The average molecular weight is 478 g/mol. The van der Waals surface area contributed by atoms with Crippen molar-refractivity contribution in [1.82, 2.24) is 4.98 Å². The van der Waals surface area contributed by atoms with Crippen LogP contribution >= 0.6 is 15.9 Å². The molecule has 0 saturated heterocycles. The molecule has 1 aromatic heterocycles. The zero-order chi connectivity index (χ0) is 21.8. The maximum atomic E-state index is 12.4. The topological polar surface area (TPSA) is 119 Å². The van der Waals surface area contributed by atoms with Crippen LogP contribution in [-0.2, 0) is 0 Å². The van der Waals surface area contributed by atoms with Crippen LogP contribution in [0.15, 0.2) is 87.5 Å². The van der Waals surface area contributed by atoms with Crippen molar-refractivity contribution in [3.63, 3.8) is 0 Å². The van der Waals surface area contributed by atoms with Gasteiger partial charge in [-0.3, -0.25) is 4.79 Å². The first-order chi connectivity index (χ1) is 15.0. The van der Waals surface area contributed by atoms with Gasteiger partial charge in [-0.15, -0.1) is 10.2 Å². The third kappa shape index (κ3) is 4.78. The Hall–Kier alpha value is -3.98. The number of azo groups is 1. The van der Waals surface area contributed by atoms with Gasteiger partial charge in [0, 0.05) is 26.8 Å². The Bertz CT molecular complexity index is 1280. The molecule has 0 spiro atoms. The van der Waals surface area contributed by atoms with Crippen molar-refractivity contribution in [2.24, 2.45) is 10.2 Å². The highest BCUT2D eigenvalue weighted by Gasteiger charge is 2.12.